The summed E-state index contributed by atoms with van der Waals surface area (Å²) in [6, 6.07) is 19.5. The number of para-hydroxylation sites is 1. The molecule has 0 aliphatic carbocycles. The summed E-state index contributed by atoms with van der Waals surface area (Å²) in [6.45, 7) is 2.27. The zero-order valence-corrected chi connectivity index (χ0v) is 18.0. The van der Waals surface area contributed by atoms with E-state index in [-0.39, 0.29) is 6.54 Å². The Bertz CT molecular complexity index is 1160. The van der Waals surface area contributed by atoms with Crippen molar-refractivity contribution in [3.8, 4) is 5.75 Å². The van der Waals surface area contributed by atoms with Gasteiger partial charge in [-0.3, -0.25) is 9.59 Å². The predicted octanol–water partition coefficient (Wildman–Crippen LogP) is 4.66. The standard InChI is InChI=1S/C25H22ClNO4/c1-16-7-9-17(10-8-16)15-27-21-12-11-18(26)13-20(21)25(30,24(27)29)14-22(28)19-5-3-4-6-23(19)31-2/h3-13,30H,14-15H2,1-2H3. The number of aryl methyl sites for hydroxylation is 1. The number of methoxy groups -OCH3 is 1. The molecule has 1 amide bonds. The number of carbonyl (C=O) groups is 2. The molecule has 1 unspecified atom stereocenters. The van der Waals surface area contributed by atoms with E-state index in [0.29, 0.717) is 27.6 Å². The molecule has 1 N–H and O–H groups in total. The highest BCUT2D eigenvalue weighted by molar-refractivity contribution is 6.31. The van der Waals surface area contributed by atoms with Crippen LogP contribution in [0.4, 0.5) is 5.69 Å². The minimum Gasteiger partial charge on any atom is -0.496 e. The molecule has 3 aromatic rings. The minimum absolute atomic E-state index is 0.277. The van der Waals surface area contributed by atoms with Crippen LogP contribution in [0, 0.1) is 6.92 Å². The third kappa shape index (κ3) is 3.82. The molecule has 6 heteroatoms. The van der Waals surface area contributed by atoms with Crippen molar-refractivity contribution in [3.05, 3.63) is 94.0 Å². The monoisotopic (exact) mass is 435 g/mol. The van der Waals surface area contributed by atoms with Crippen LogP contribution in [0.3, 0.4) is 0 Å². The van der Waals surface area contributed by atoms with Crippen molar-refractivity contribution in [2.45, 2.75) is 25.5 Å². The number of aliphatic hydroxyl groups is 1. The van der Waals surface area contributed by atoms with Crippen LogP contribution in [-0.4, -0.2) is 23.9 Å². The Labute approximate surface area is 185 Å². The van der Waals surface area contributed by atoms with Crippen molar-refractivity contribution in [2.24, 2.45) is 0 Å². The number of amides is 1. The molecule has 4 rings (SSSR count). The molecule has 0 radical (unpaired) electrons. The lowest BCUT2D eigenvalue weighted by Gasteiger charge is -2.23. The van der Waals surface area contributed by atoms with Crippen molar-refractivity contribution >= 4 is 29.0 Å². The zero-order valence-electron chi connectivity index (χ0n) is 17.3. The van der Waals surface area contributed by atoms with Crippen LogP contribution < -0.4 is 9.64 Å². The zero-order chi connectivity index (χ0) is 22.2. The first-order chi connectivity index (χ1) is 14.8. The number of carbonyl (C=O) groups excluding carboxylic acids is 2. The fourth-order valence-corrected chi connectivity index (χ4v) is 4.10. The molecule has 31 heavy (non-hydrogen) atoms. The van der Waals surface area contributed by atoms with Crippen molar-refractivity contribution < 1.29 is 19.4 Å². The van der Waals surface area contributed by atoms with Gasteiger partial charge in [0, 0.05) is 10.6 Å². The third-order valence-corrected chi connectivity index (χ3v) is 5.81. The average molecular weight is 436 g/mol. The van der Waals surface area contributed by atoms with Gasteiger partial charge in [-0.25, -0.2) is 0 Å². The smallest absolute Gasteiger partial charge is 0.264 e. The van der Waals surface area contributed by atoms with Gasteiger partial charge in [0.1, 0.15) is 5.75 Å². The number of ether oxygens (including phenoxy) is 1. The second-order valence-electron chi connectivity index (χ2n) is 7.70. The molecule has 0 saturated heterocycles. The first-order valence-electron chi connectivity index (χ1n) is 9.89. The maximum atomic E-state index is 13.4. The van der Waals surface area contributed by atoms with Crippen LogP contribution in [0.1, 0.15) is 33.5 Å². The van der Waals surface area contributed by atoms with E-state index < -0.39 is 23.7 Å². The van der Waals surface area contributed by atoms with E-state index in [2.05, 4.69) is 0 Å². The van der Waals surface area contributed by atoms with Gasteiger partial charge in [0.15, 0.2) is 11.4 Å². The van der Waals surface area contributed by atoms with E-state index in [1.807, 2.05) is 31.2 Å². The molecule has 0 fully saturated rings. The molecular weight excluding hydrogens is 414 g/mol. The van der Waals surface area contributed by atoms with E-state index in [0.717, 1.165) is 11.1 Å². The van der Waals surface area contributed by atoms with Crippen LogP contribution >= 0.6 is 11.6 Å². The summed E-state index contributed by atoms with van der Waals surface area (Å²) in [6.07, 6.45) is -0.413. The Morgan fingerprint density at radius 1 is 1.10 bits per heavy atom. The molecule has 1 atom stereocenters. The van der Waals surface area contributed by atoms with E-state index >= 15 is 0 Å². The molecule has 3 aromatic carbocycles. The van der Waals surface area contributed by atoms with Crippen molar-refractivity contribution in [1.29, 1.82) is 0 Å². The highest BCUT2D eigenvalue weighted by Gasteiger charge is 2.51. The van der Waals surface area contributed by atoms with E-state index in [1.165, 1.54) is 12.0 Å². The first kappa shape index (κ1) is 21.1. The van der Waals surface area contributed by atoms with Crippen molar-refractivity contribution in [2.75, 3.05) is 12.0 Å². The summed E-state index contributed by atoms with van der Waals surface area (Å²) >= 11 is 6.18. The van der Waals surface area contributed by atoms with Gasteiger partial charge in [-0.15, -0.1) is 0 Å². The van der Waals surface area contributed by atoms with Gasteiger partial charge < -0.3 is 14.7 Å². The van der Waals surface area contributed by atoms with Gasteiger partial charge in [-0.1, -0.05) is 53.6 Å². The van der Waals surface area contributed by atoms with Gasteiger partial charge in [0.2, 0.25) is 0 Å². The van der Waals surface area contributed by atoms with Crippen molar-refractivity contribution in [3.63, 3.8) is 0 Å². The molecule has 1 aliphatic rings. The minimum atomic E-state index is -2.01. The van der Waals surface area contributed by atoms with E-state index in [4.69, 9.17) is 16.3 Å². The highest BCUT2D eigenvalue weighted by Crippen LogP contribution is 2.45. The second-order valence-corrected chi connectivity index (χ2v) is 8.14. The number of ketones is 1. The molecule has 5 nitrogen and oxygen atoms in total. The number of benzene rings is 3. The fourth-order valence-electron chi connectivity index (χ4n) is 3.93. The Morgan fingerprint density at radius 3 is 2.52 bits per heavy atom. The number of hydrogen-bond donors (Lipinski definition) is 1. The maximum Gasteiger partial charge on any atom is 0.264 e. The Balaban J connectivity index is 1.72. The number of rotatable bonds is 6. The summed E-state index contributed by atoms with van der Waals surface area (Å²) in [5, 5.41) is 11.9. The lowest BCUT2D eigenvalue weighted by Crippen LogP contribution is -2.41. The lowest BCUT2D eigenvalue weighted by atomic mass is 9.88. The van der Waals surface area contributed by atoms with E-state index in [1.54, 1.807) is 42.5 Å². The van der Waals surface area contributed by atoms with Crippen molar-refractivity contribution in [1.82, 2.24) is 0 Å². The van der Waals surface area contributed by atoms with Gasteiger partial charge >= 0.3 is 0 Å². The molecular formula is C25H22ClNO4. The number of anilines is 1. The van der Waals surface area contributed by atoms with Gasteiger partial charge in [0.25, 0.3) is 5.91 Å². The molecule has 1 heterocycles. The fraction of sp³-hybridized carbons (Fsp3) is 0.200. The van der Waals surface area contributed by atoms with Crippen LogP contribution in [0.2, 0.25) is 5.02 Å². The molecule has 0 bridgehead atoms. The number of nitrogens with zero attached hydrogens (tertiary/aromatic N) is 1. The molecule has 1 aliphatic heterocycles. The van der Waals surface area contributed by atoms with Crippen LogP contribution in [-0.2, 0) is 16.9 Å². The number of fused-ring (bicyclic) bond motifs is 1. The second kappa shape index (κ2) is 8.17. The molecule has 0 saturated carbocycles. The normalized spacial score (nSPS) is 17.5. The van der Waals surface area contributed by atoms with E-state index in [9.17, 15) is 14.7 Å². The number of hydrogen-bond acceptors (Lipinski definition) is 4. The average Bonchev–Trinajstić information content (AvgIpc) is 2.96. The Kier molecular flexibility index (Phi) is 5.56. The van der Waals surface area contributed by atoms with Gasteiger partial charge in [-0.05, 0) is 42.8 Å². The van der Waals surface area contributed by atoms with Crippen LogP contribution in [0.5, 0.6) is 5.75 Å². The summed E-state index contributed by atoms with van der Waals surface area (Å²) in [5.74, 6) is -0.547. The summed E-state index contributed by atoms with van der Waals surface area (Å²) in [5.41, 5.74) is 1.21. The SMILES string of the molecule is COc1ccccc1C(=O)CC1(O)C(=O)N(Cc2ccc(C)cc2)c2ccc(Cl)cc21. The molecule has 0 spiro atoms. The van der Waals surface area contributed by atoms with Crippen LogP contribution in [0.25, 0.3) is 0 Å². The topological polar surface area (TPSA) is 66.8 Å². The summed E-state index contributed by atoms with van der Waals surface area (Å²) in [4.78, 5) is 28.0. The van der Waals surface area contributed by atoms with Crippen LogP contribution in [0.15, 0.2) is 66.7 Å². The Morgan fingerprint density at radius 2 is 1.81 bits per heavy atom. The summed E-state index contributed by atoms with van der Waals surface area (Å²) in [7, 11) is 1.47. The predicted molar refractivity (Wildman–Crippen MR) is 120 cm³/mol. The largest absolute Gasteiger partial charge is 0.496 e. The lowest BCUT2D eigenvalue weighted by molar-refractivity contribution is -0.136. The molecule has 158 valence electrons. The third-order valence-electron chi connectivity index (χ3n) is 5.58. The maximum absolute atomic E-state index is 13.4. The number of Topliss-reactive ketones (excluding diaryl/α,β-unsaturated/α-hetero) is 1. The van der Waals surface area contributed by atoms with Gasteiger partial charge in [-0.2, -0.15) is 0 Å². The highest BCUT2D eigenvalue weighted by atomic mass is 35.5. The first-order valence-corrected chi connectivity index (χ1v) is 10.3. The Hall–Kier alpha value is -3.15. The summed E-state index contributed by atoms with van der Waals surface area (Å²) < 4.78 is 5.27. The number of halogens is 1. The quantitative estimate of drug-likeness (QED) is 0.571. The molecule has 0 aromatic heterocycles. The van der Waals surface area contributed by atoms with Gasteiger partial charge in [0.05, 0.1) is 31.3 Å².